The zero-order valence-corrected chi connectivity index (χ0v) is 7.73. The topological polar surface area (TPSA) is 52.6 Å². The molecule has 0 aliphatic carbocycles. The van der Waals surface area contributed by atoms with Gasteiger partial charge in [-0.15, -0.1) is 9.05 Å². The molecule has 10 heavy (non-hydrogen) atoms. The lowest BCUT2D eigenvalue weighted by Crippen LogP contribution is -1.84. The van der Waals surface area contributed by atoms with Gasteiger partial charge in [0.05, 0.1) is 14.2 Å². The fourth-order valence-electron chi connectivity index (χ4n) is 0.346. The summed E-state index contributed by atoms with van der Waals surface area (Å²) < 4.78 is 30.1. The van der Waals surface area contributed by atoms with Crippen molar-refractivity contribution in [3.8, 4) is 0 Å². The lowest BCUT2D eigenvalue weighted by molar-refractivity contribution is 0.407. The Hall–Kier alpha value is 0.120. The van der Waals surface area contributed by atoms with Crippen LogP contribution in [0.1, 0.15) is 0 Å². The van der Waals surface area contributed by atoms with Crippen LogP contribution in [-0.4, -0.2) is 26.5 Å². The Labute approximate surface area is 61.6 Å². The minimum Gasteiger partial charge on any atom is -0.150 e. The van der Waals surface area contributed by atoms with Crippen molar-refractivity contribution in [2.24, 2.45) is 0 Å². The van der Waals surface area contributed by atoms with Crippen molar-refractivity contribution in [3.05, 3.63) is 0 Å². The Kier molecular flexibility index (Phi) is 5.94. The highest BCUT2D eigenvalue weighted by molar-refractivity contribution is 7.43. The number of hydrogen-bond acceptors (Lipinski definition) is 4. The molecule has 0 spiro atoms. The standard InChI is InChI=1S/C4H10O4P2/c1-7-9(5)3-4-10(6)8-2/h3-4H2,1-2H3/q+2. The van der Waals surface area contributed by atoms with Crippen molar-refractivity contribution in [2.75, 3.05) is 26.5 Å². The first-order valence-corrected chi connectivity index (χ1v) is 5.40. The average molecular weight is 184 g/mol. The Morgan fingerprint density at radius 2 is 1.30 bits per heavy atom. The summed E-state index contributed by atoms with van der Waals surface area (Å²) in [7, 11) is -0.541. The molecule has 0 aliphatic rings. The van der Waals surface area contributed by atoms with E-state index >= 15 is 0 Å². The van der Waals surface area contributed by atoms with Crippen molar-refractivity contribution >= 4 is 16.1 Å². The zero-order chi connectivity index (χ0) is 7.98. The van der Waals surface area contributed by atoms with Gasteiger partial charge in [0.15, 0.2) is 0 Å². The van der Waals surface area contributed by atoms with Crippen LogP contribution < -0.4 is 0 Å². The minimum atomic E-state index is -1.63. The van der Waals surface area contributed by atoms with Crippen molar-refractivity contribution < 1.29 is 18.2 Å². The van der Waals surface area contributed by atoms with Crippen molar-refractivity contribution in [3.63, 3.8) is 0 Å². The molecule has 0 radical (unpaired) electrons. The van der Waals surface area contributed by atoms with E-state index in [-0.39, 0.29) is 0 Å². The van der Waals surface area contributed by atoms with E-state index in [1.165, 1.54) is 14.2 Å². The van der Waals surface area contributed by atoms with E-state index < -0.39 is 16.1 Å². The summed E-state index contributed by atoms with van der Waals surface area (Å²) in [6.07, 6.45) is 0.601. The van der Waals surface area contributed by atoms with Crippen molar-refractivity contribution in [2.45, 2.75) is 0 Å². The van der Waals surface area contributed by atoms with Gasteiger partial charge in [-0.2, -0.15) is 0 Å². The van der Waals surface area contributed by atoms with Gasteiger partial charge in [-0.25, -0.2) is 0 Å². The maximum Gasteiger partial charge on any atom is 0.512 e. The smallest absolute Gasteiger partial charge is 0.150 e. The van der Waals surface area contributed by atoms with E-state index in [2.05, 4.69) is 9.05 Å². The number of rotatable bonds is 5. The summed E-state index contributed by atoms with van der Waals surface area (Å²) in [5.74, 6) is 0. The maximum absolute atomic E-state index is 10.6. The quantitative estimate of drug-likeness (QED) is 0.611. The molecule has 0 bridgehead atoms. The van der Waals surface area contributed by atoms with Crippen molar-refractivity contribution in [1.29, 1.82) is 0 Å². The van der Waals surface area contributed by atoms with Crippen LogP contribution in [0.4, 0.5) is 0 Å². The van der Waals surface area contributed by atoms with E-state index in [0.29, 0.717) is 12.3 Å². The third-order valence-electron chi connectivity index (χ3n) is 0.872. The third kappa shape index (κ3) is 4.95. The van der Waals surface area contributed by atoms with Gasteiger partial charge in [0, 0.05) is 0 Å². The maximum atomic E-state index is 10.6. The second-order valence-electron chi connectivity index (χ2n) is 1.48. The zero-order valence-electron chi connectivity index (χ0n) is 5.94. The van der Waals surface area contributed by atoms with Gasteiger partial charge in [0.1, 0.15) is 0 Å². The largest absolute Gasteiger partial charge is 0.512 e. The van der Waals surface area contributed by atoms with Crippen LogP contribution in [0.15, 0.2) is 0 Å². The van der Waals surface area contributed by atoms with Crippen LogP contribution in [0, 0.1) is 0 Å². The molecule has 4 nitrogen and oxygen atoms in total. The fraction of sp³-hybridized carbons (Fsp3) is 1.00. The number of hydrogen-bond donors (Lipinski definition) is 0. The van der Waals surface area contributed by atoms with Gasteiger partial charge >= 0.3 is 16.1 Å². The Balaban J connectivity index is 3.35. The molecule has 0 aromatic rings. The summed E-state index contributed by atoms with van der Waals surface area (Å²) in [5.41, 5.74) is 0. The molecule has 0 saturated carbocycles. The highest BCUT2D eigenvalue weighted by Crippen LogP contribution is 2.27. The average Bonchev–Trinajstić information content (AvgIpc) is 1.99. The molecule has 6 heteroatoms. The Bertz CT molecular complexity index is 119. The van der Waals surface area contributed by atoms with Crippen LogP contribution >= 0.6 is 16.1 Å². The second kappa shape index (κ2) is 5.87. The SMILES string of the molecule is CO[P+](=O)CC[P+](=O)OC. The van der Waals surface area contributed by atoms with Crippen LogP contribution in [-0.2, 0) is 18.2 Å². The summed E-state index contributed by atoms with van der Waals surface area (Å²) in [5, 5.41) is 0. The van der Waals surface area contributed by atoms with Crippen LogP contribution in [0.3, 0.4) is 0 Å². The minimum absolute atomic E-state index is 0.300. The Morgan fingerprint density at radius 1 is 1.00 bits per heavy atom. The van der Waals surface area contributed by atoms with Gasteiger partial charge < -0.3 is 0 Å². The highest BCUT2D eigenvalue weighted by Gasteiger charge is 2.24. The van der Waals surface area contributed by atoms with Gasteiger partial charge in [-0.05, 0) is 9.13 Å². The van der Waals surface area contributed by atoms with Crippen molar-refractivity contribution in [1.82, 2.24) is 0 Å². The van der Waals surface area contributed by atoms with Gasteiger partial charge in [-0.1, -0.05) is 0 Å². The summed E-state index contributed by atoms with van der Waals surface area (Å²) in [4.78, 5) is 0. The molecule has 58 valence electrons. The summed E-state index contributed by atoms with van der Waals surface area (Å²) in [6.45, 7) is 0. The molecule has 0 amide bonds. The molecule has 0 saturated heterocycles. The summed E-state index contributed by atoms with van der Waals surface area (Å²) >= 11 is 0. The predicted octanol–water partition coefficient (Wildman–Crippen LogP) is 1.76. The predicted molar refractivity (Wildman–Crippen MR) is 39.0 cm³/mol. The molecule has 0 fully saturated rings. The van der Waals surface area contributed by atoms with Crippen LogP contribution in [0.25, 0.3) is 0 Å². The van der Waals surface area contributed by atoms with Gasteiger partial charge in [0.2, 0.25) is 12.3 Å². The summed E-state index contributed by atoms with van der Waals surface area (Å²) in [6, 6.07) is 0. The van der Waals surface area contributed by atoms with E-state index in [4.69, 9.17) is 0 Å². The molecule has 0 aromatic heterocycles. The van der Waals surface area contributed by atoms with Gasteiger partial charge in [-0.3, -0.25) is 0 Å². The lowest BCUT2D eigenvalue weighted by atomic mass is 11.0. The molecule has 0 heterocycles. The fourth-order valence-corrected chi connectivity index (χ4v) is 2.02. The Morgan fingerprint density at radius 3 is 1.50 bits per heavy atom. The van der Waals surface area contributed by atoms with Gasteiger partial charge in [0.25, 0.3) is 0 Å². The van der Waals surface area contributed by atoms with Crippen LogP contribution in [0.5, 0.6) is 0 Å². The third-order valence-corrected chi connectivity index (χ3v) is 3.22. The van der Waals surface area contributed by atoms with E-state index in [9.17, 15) is 9.13 Å². The molecule has 0 aromatic carbocycles. The molecule has 0 N–H and O–H groups in total. The highest BCUT2D eigenvalue weighted by atomic mass is 31.1. The monoisotopic (exact) mass is 184 g/mol. The molecular formula is C4H10O4P2+2. The molecular weight excluding hydrogens is 174 g/mol. The first kappa shape index (κ1) is 10.1. The molecule has 0 rings (SSSR count). The molecule has 2 atom stereocenters. The lowest BCUT2D eigenvalue weighted by Gasteiger charge is -1.75. The van der Waals surface area contributed by atoms with E-state index in [0.717, 1.165) is 0 Å². The molecule has 0 aliphatic heterocycles. The molecule has 2 unspecified atom stereocenters. The second-order valence-corrected chi connectivity index (χ2v) is 4.43. The van der Waals surface area contributed by atoms with E-state index in [1.54, 1.807) is 0 Å². The van der Waals surface area contributed by atoms with E-state index in [1.807, 2.05) is 0 Å². The first-order chi connectivity index (χ1) is 4.70. The normalized spacial score (nSPS) is 13.0. The van der Waals surface area contributed by atoms with Crippen LogP contribution in [0.2, 0.25) is 0 Å². The first-order valence-electron chi connectivity index (χ1n) is 2.68.